The van der Waals surface area contributed by atoms with Crippen LogP contribution < -0.4 is 4.90 Å². The lowest BCUT2D eigenvalue weighted by Crippen LogP contribution is -2.40. The van der Waals surface area contributed by atoms with E-state index in [0.717, 1.165) is 15.7 Å². The van der Waals surface area contributed by atoms with E-state index in [9.17, 15) is 14.7 Å². The maximum Gasteiger partial charge on any atom is 0.331 e. The van der Waals surface area contributed by atoms with Crippen LogP contribution in [0.2, 0.25) is 0 Å². The first-order valence-electron chi connectivity index (χ1n) is 6.79. The van der Waals surface area contributed by atoms with Crippen LogP contribution in [0.3, 0.4) is 0 Å². The summed E-state index contributed by atoms with van der Waals surface area (Å²) in [7, 11) is 1.53. The molecule has 3 rings (SSSR count). The molecular formula is C16H16N2O3. The molecule has 0 bridgehead atoms. The van der Waals surface area contributed by atoms with Crippen molar-refractivity contribution in [1.29, 1.82) is 0 Å². The summed E-state index contributed by atoms with van der Waals surface area (Å²) in [5.74, 6) is -0.395. The molecule has 0 aliphatic carbocycles. The summed E-state index contributed by atoms with van der Waals surface area (Å²) in [6.45, 7) is 1.51. The Balaban J connectivity index is 2.15. The van der Waals surface area contributed by atoms with Gasteiger partial charge in [-0.2, -0.15) is 0 Å². The highest BCUT2D eigenvalue weighted by molar-refractivity contribution is 6.24. The van der Waals surface area contributed by atoms with Crippen molar-refractivity contribution in [3.05, 3.63) is 42.5 Å². The standard InChI is InChI=1S/C16H16N2O3/c1-10(19)14-15(20)18(16(21)17(14)2)13-9-5-7-11-6-3-4-8-12(11)13/h3-10,14,19H,1-2H3. The van der Waals surface area contributed by atoms with E-state index in [-0.39, 0.29) is 0 Å². The molecule has 108 valence electrons. The summed E-state index contributed by atoms with van der Waals surface area (Å²) in [6, 6.07) is 11.8. The summed E-state index contributed by atoms with van der Waals surface area (Å²) in [5, 5.41) is 11.5. The van der Waals surface area contributed by atoms with E-state index in [2.05, 4.69) is 0 Å². The van der Waals surface area contributed by atoms with Gasteiger partial charge in [0.1, 0.15) is 6.04 Å². The molecule has 5 nitrogen and oxygen atoms in total. The summed E-state index contributed by atoms with van der Waals surface area (Å²) >= 11 is 0. The second-order valence-electron chi connectivity index (χ2n) is 5.25. The third kappa shape index (κ3) is 1.97. The molecule has 1 N–H and O–H groups in total. The van der Waals surface area contributed by atoms with Gasteiger partial charge in [-0.1, -0.05) is 36.4 Å². The summed E-state index contributed by atoms with van der Waals surface area (Å²) in [4.78, 5) is 27.3. The van der Waals surface area contributed by atoms with Crippen molar-refractivity contribution >= 4 is 28.4 Å². The van der Waals surface area contributed by atoms with Crippen LogP contribution in [-0.4, -0.2) is 41.1 Å². The summed E-state index contributed by atoms with van der Waals surface area (Å²) in [5.41, 5.74) is 0.554. The molecule has 3 amide bonds. The monoisotopic (exact) mass is 284 g/mol. The molecular weight excluding hydrogens is 268 g/mol. The molecule has 1 aliphatic heterocycles. The molecule has 0 aromatic heterocycles. The highest BCUT2D eigenvalue weighted by Gasteiger charge is 2.46. The Morgan fingerprint density at radius 3 is 2.43 bits per heavy atom. The van der Waals surface area contributed by atoms with Crippen LogP contribution in [0.15, 0.2) is 42.5 Å². The highest BCUT2D eigenvalue weighted by atomic mass is 16.3. The number of urea groups is 1. The first-order valence-corrected chi connectivity index (χ1v) is 6.79. The van der Waals surface area contributed by atoms with Crippen LogP contribution in [-0.2, 0) is 4.79 Å². The predicted molar refractivity (Wildman–Crippen MR) is 80.1 cm³/mol. The number of likely N-dealkylation sites (N-methyl/N-ethyl adjacent to an activating group) is 1. The lowest BCUT2D eigenvalue weighted by Gasteiger charge is -2.17. The van der Waals surface area contributed by atoms with Gasteiger partial charge in [0.05, 0.1) is 11.8 Å². The number of hydrogen-bond acceptors (Lipinski definition) is 3. The Labute approximate surface area is 122 Å². The van der Waals surface area contributed by atoms with Crippen molar-refractivity contribution in [3.63, 3.8) is 0 Å². The summed E-state index contributed by atoms with van der Waals surface area (Å²) < 4.78 is 0. The normalized spacial score (nSPS) is 20.4. The van der Waals surface area contributed by atoms with Crippen LogP contribution in [0.25, 0.3) is 10.8 Å². The number of carbonyl (C=O) groups is 2. The molecule has 1 heterocycles. The minimum atomic E-state index is -0.911. The van der Waals surface area contributed by atoms with E-state index in [0.29, 0.717) is 5.69 Å². The number of benzene rings is 2. The van der Waals surface area contributed by atoms with Gasteiger partial charge >= 0.3 is 6.03 Å². The van der Waals surface area contributed by atoms with E-state index >= 15 is 0 Å². The minimum absolute atomic E-state index is 0.395. The van der Waals surface area contributed by atoms with Gasteiger partial charge in [0.2, 0.25) is 0 Å². The number of hydrogen-bond donors (Lipinski definition) is 1. The van der Waals surface area contributed by atoms with Crippen molar-refractivity contribution in [2.45, 2.75) is 19.1 Å². The first kappa shape index (κ1) is 13.6. The van der Waals surface area contributed by atoms with E-state index in [4.69, 9.17) is 0 Å². The van der Waals surface area contributed by atoms with Crippen LogP contribution >= 0.6 is 0 Å². The number of aliphatic hydroxyl groups excluding tert-OH is 1. The zero-order chi connectivity index (χ0) is 15.1. The fourth-order valence-electron chi connectivity index (χ4n) is 2.82. The van der Waals surface area contributed by atoms with Crippen LogP contribution in [0, 0.1) is 0 Å². The van der Waals surface area contributed by atoms with Gasteiger partial charge in [0, 0.05) is 12.4 Å². The average molecular weight is 284 g/mol. The van der Waals surface area contributed by atoms with Crippen molar-refractivity contribution in [2.75, 3.05) is 11.9 Å². The van der Waals surface area contributed by atoms with Gasteiger partial charge in [0.15, 0.2) is 0 Å². The number of carbonyl (C=O) groups excluding carboxylic acids is 2. The molecule has 0 spiro atoms. The van der Waals surface area contributed by atoms with Gasteiger partial charge < -0.3 is 10.0 Å². The van der Waals surface area contributed by atoms with E-state index in [1.807, 2.05) is 36.4 Å². The lowest BCUT2D eigenvalue weighted by molar-refractivity contribution is -0.122. The third-order valence-corrected chi connectivity index (χ3v) is 3.85. The largest absolute Gasteiger partial charge is 0.391 e. The number of imide groups is 1. The Bertz CT molecular complexity index is 721. The maximum atomic E-state index is 12.5. The molecule has 0 radical (unpaired) electrons. The quantitative estimate of drug-likeness (QED) is 0.858. The van der Waals surface area contributed by atoms with Gasteiger partial charge in [0.25, 0.3) is 5.91 Å². The van der Waals surface area contributed by atoms with E-state index in [1.54, 1.807) is 6.07 Å². The zero-order valence-corrected chi connectivity index (χ0v) is 11.9. The third-order valence-electron chi connectivity index (χ3n) is 3.85. The Kier molecular flexibility index (Phi) is 3.14. The molecule has 2 atom stereocenters. The number of amides is 3. The van der Waals surface area contributed by atoms with E-state index < -0.39 is 24.1 Å². The van der Waals surface area contributed by atoms with Crippen molar-refractivity contribution in [3.8, 4) is 0 Å². The molecule has 21 heavy (non-hydrogen) atoms. The van der Waals surface area contributed by atoms with Gasteiger partial charge in [-0.15, -0.1) is 0 Å². The van der Waals surface area contributed by atoms with Crippen molar-refractivity contribution < 1.29 is 14.7 Å². The van der Waals surface area contributed by atoms with Crippen LogP contribution in [0.5, 0.6) is 0 Å². The second-order valence-corrected chi connectivity index (χ2v) is 5.25. The van der Waals surface area contributed by atoms with Crippen LogP contribution in [0.4, 0.5) is 10.5 Å². The Morgan fingerprint density at radius 1 is 1.10 bits per heavy atom. The fourth-order valence-corrected chi connectivity index (χ4v) is 2.82. The van der Waals surface area contributed by atoms with Crippen LogP contribution in [0.1, 0.15) is 6.92 Å². The maximum absolute atomic E-state index is 12.5. The van der Waals surface area contributed by atoms with Gasteiger partial charge in [-0.3, -0.25) is 4.79 Å². The zero-order valence-electron chi connectivity index (χ0n) is 11.9. The number of nitrogens with zero attached hydrogens (tertiary/aromatic N) is 2. The van der Waals surface area contributed by atoms with Gasteiger partial charge in [-0.05, 0) is 18.4 Å². The smallest absolute Gasteiger partial charge is 0.331 e. The SMILES string of the molecule is CC(O)C1C(=O)N(c2cccc3ccccc23)C(=O)N1C. The van der Waals surface area contributed by atoms with Crippen molar-refractivity contribution in [1.82, 2.24) is 4.90 Å². The first-order chi connectivity index (χ1) is 10.0. The number of anilines is 1. The molecule has 1 aliphatic rings. The molecule has 2 aromatic carbocycles. The number of fused-ring (bicyclic) bond motifs is 1. The van der Waals surface area contributed by atoms with Gasteiger partial charge in [-0.25, -0.2) is 9.69 Å². The van der Waals surface area contributed by atoms with E-state index in [1.165, 1.54) is 18.9 Å². The topological polar surface area (TPSA) is 60.9 Å². The average Bonchev–Trinajstić information content (AvgIpc) is 2.69. The Hall–Kier alpha value is -2.40. The molecule has 2 aromatic rings. The second kappa shape index (κ2) is 4.86. The molecule has 5 heteroatoms. The minimum Gasteiger partial charge on any atom is -0.391 e. The molecule has 0 saturated carbocycles. The highest BCUT2D eigenvalue weighted by Crippen LogP contribution is 2.31. The predicted octanol–water partition coefficient (Wildman–Crippen LogP) is 1.99. The molecule has 1 fully saturated rings. The lowest BCUT2D eigenvalue weighted by atomic mass is 10.1. The Morgan fingerprint density at radius 2 is 1.76 bits per heavy atom. The number of rotatable bonds is 2. The summed E-state index contributed by atoms with van der Waals surface area (Å²) in [6.07, 6.45) is -0.911. The van der Waals surface area contributed by atoms with Crippen molar-refractivity contribution in [2.24, 2.45) is 0 Å². The fraction of sp³-hybridized carbons (Fsp3) is 0.250. The molecule has 2 unspecified atom stereocenters. The number of aliphatic hydroxyl groups is 1. The molecule has 1 saturated heterocycles.